The van der Waals surface area contributed by atoms with Crippen molar-refractivity contribution in [2.75, 3.05) is 6.61 Å². The number of rotatable bonds is 7. The third-order valence-electron chi connectivity index (χ3n) is 6.02. The Labute approximate surface area is 201 Å². The van der Waals surface area contributed by atoms with Gasteiger partial charge in [0.2, 0.25) is 5.91 Å². The molecule has 0 unspecified atom stereocenters. The smallest absolute Gasteiger partial charge is 0.325 e. The van der Waals surface area contributed by atoms with Crippen LogP contribution in [0.5, 0.6) is 0 Å². The van der Waals surface area contributed by atoms with Gasteiger partial charge < -0.3 is 14.6 Å². The van der Waals surface area contributed by atoms with E-state index in [-0.39, 0.29) is 30.3 Å². The normalized spacial score (nSPS) is 15.3. The van der Waals surface area contributed by atoms with Gasteiger partial charge in [-0.25, -0.2) is 4.39 Å². The van der Waals surface area contributed by atoms with Gasteiger partial charge in [-0.1, -0.05) is 29.3 Å². The van der Waals surface area contributed by atoms with Gasteiger partial charge in [0, 0.05) is 39.1 Å². The Kier molecular flexibility index (Phi) is 7.25. The highest BCUT2D eigenvalue weighted by molar-refractivity contribution is 6.35. The number of aryl methyl sites for hydroxylation is 1. The molecule has 1 aliphatic carbocycles. The molecule has 0 saturated carbocycles. The molecule has 0 spiro atoms. The van der Waals surface area contributed by atoms with E-state index in [2.05, 4.69) is 5.32 Å². The maximum atomic E-state index is 14.0. The number of hydrogen-bond acceptors (Lipinski definition) is 3. The van der Waals surface area contributed by atoms with Crippen LogP contribution in [0.25, 0.3) is 10.9 Å². The molecule has 33 heavy (non-hydrogen) atoms. The zero-order valence-electron chi connectivity index (χ0n) is 18.3. The molecule has 0 saturated heterocycles. The summed E-state index contributed by atoms with van der Waals surface area (Å²) in [6.45, 7) is 2.17. The molecule has 1 amide bonds. The molecule has 5 nitrogen and oxygen atoms in total. The zero-order chi connectivity index (χ0) is 23.5. The zero-order valence-corrected chi connectivity index (χ0v) is 19.8. The second-order valence-corrected chi connectivity index (χ2v) is 9.06. The predicted octanol–water partition coefficient (Wildman–Crippen LogP) is 5.26. The number of carbonyl (C=O) groups excluding carboxylic acids is 2. The third-order valence-corrected chi connectivity index (χ3v) is 6.61. The first-order valence-corrected chi connectivity index (χ1v) is 11.8. The lowest BCUT2D eigenvalue weighted by Gasteiger charge is -2.25. The fourth-order valence-corrected chi connectivity index (χ4v) is 5.04. The van der Waals surface area contributed by atoms with Gasteiger partial charge in [0.05, 0.1) is 6.61 Å². The van der Waals surface area contributed by atoms with E-state index in [1.54, 1.807) is 25.1 Å². The van der Waals surface area contributed by atoms with Gasteiger partial charge in [0.15, 0.2) is 0 Å². The largest absolute Gasteiger partial charge is 0.465 e. The molecule has 1 aromatic heterocycles. The summed E-state index contributed by atoms with van der Waals surface area (Å²) in [5, 5.41) is 5.00. The van der Waals surface area contributed by atoms with Crippen molar-refractivity contribution in [2.45, 2.75) is 51.6 Å². The van der Waals surface area contributed by atoms with E-state index in [0.29, 0.717) is 42.3 Å². The molecule has 0 radical (unpaired) electrons. The first kappa shape index (κ1) is 23.6. The monoisotopic (exact) mass is 490 g/mol. The molecule has 3 aromatic rings. The first-order chi connectivity index (χ1) is 15.9. The summed E-state index contributed by atoms with van der Waals surface area (Å²) in [7, 11) is 0. The molecule has 1 N–H and O–H groups in total. The van der Waals surface area contributed by atoms with Gasteiger partial charge in [-0.3, -0.25) is 9.59 Å². The van der Waals surface area contributed by atoms with Crippen molar-refractivity contribution in [3.05, 3.63) is 69.1 Å². The molecule has 174 valence electrons. The number of carbonyl (C=O) groups is 2. The minimum absolute atomic E-state index is 0.0593. The highest BCUT2D eigenvalue weighted by Crippen LogP contribution is 2.33. The summed E-state index contributed by atoms with van der Waals surface area (Å²) in [5.74, 6) is -0.710. The average Bonchev–Trinajstić information content (AvgIpc) is 3.05. The minimum Gasteiger partial charge on any atom is -0.465 e. The molecule has 0 bridgehead atoms. The fraction of sp³-hybridized carbons (Fsp3) is 0.360. The van der Waals surface area contributed by atoms with E-state index in [4.69, 9.17) is 27.9 Å². The van der Waals surface area contributed by atoms with E-state index < -0.39 is 0 Å². The number of hydrogen-bond donors (Lipinski definition) is 1. The predicted molar refractivity (Wildman–Crippen MR) is 127 cm³/mol. The number of halogens is 3. The second-order valence-electron chi connectivity index (χ2n) is 8.22. The summed E-state index contributed by atoms with van der Waals surface area (Å²) in [6, 6.07) is 9.80. The van der Waals surface area contributed by atoms with E-state index in [1.807, 2.05) is 10.6 Å². The number of nitrogens with zero attached hydrogens (tertiary/aromatic N) is 1. The van der Waals surface area contributed by atoms with Crippen LogP contribution in [-0.4, -0.2) is 29.1 Å². The molecule has 1 atom stereocenters. The van der Waals surface area contributed by atoms with Crippen molar-refractivity contribution < 1.29 is 18.7 Å². The quantitative estimate of drug-likeness (QED) is 0.459. The standard InChI is InChI=1S/C25H25Cl2FN2O3/c1-2-33-25(32)14-30-22-8-6-17(28)12-19(22)20-13-18(7-9-23(20)30)29-24(31)10-4-15-3-5-16(26)11-21(15)27/h3,5-6,8,11-12,18H,2,4,7,9-10,13-14H2,1H3,(H,29,31)/t18-/m0/s1. The lowest BCUT2D eigenvalue weighted by molar-refractivity contribution is -0.143. The molecule has 0 aliphatic heterocycles. The highest BCUT2D eigenvalue weighted by Gasteiger charge is 2.27. The number of nitrogens with one attached hydrogen (secondary N) is 1. The van der Waals surface area contributed by atoms with Crippen LogP contribution in [0.2, 0.25) is 10.0 Å². The number of esters is 1. The summed E-state index contributed by atoms with van der Waals surface area (Å²) in [4.78, 5) is 24.8. The Balaban J connectivity index is 1.48. The molecule has 0 fully saturated rings. The van der Waals surface area contributed by atoms with Gasteiger partial charge in [0.1, 0.15) is 12.4 Å². The van der Waals surface area contributed by atoms with Crippen molar-refractivity contribution in [1.29, 1.82) is 0 Å². The van der Waals surface area contributed by atoms with E-state index >= 15 is 0 Å². The van der Waals surface area contributed by atoms with Crippen LogP contribution in [0.15, 0.2) is 36.4 Å². The van der Waals surface area contributed by atoms with Crippen molar-refractivity contribution in [3.63, 3.8) is 0 Å². The maximum absolute atomic E-state index is 14.0. The lowest BCUT2D eigenvalue weighted by Crippen LogP contribution is -2.39. The Morgan fingerprint density at radius 3 is 2.79 bits per heavy atom. The summed E-state index contributed by atoms with van der Waals surface area (Å²) >= 11 is 12.1. The molecule has 8 heteroatoms. The van der Waals surface area contributed by atoms with Crippen LogP contribution in [0, 0.1) is 5.82 Å². The Hall–Kier alpha value is -2.57. The van der Waals surface area contributed by atoms with Crippen molar-refractivity contribution >= 4 is 46.0 Å². The number of amides is 1. The first-order valence-electron chi connectivity index (χ1n) is 11.0. The van der Waals surface area contributed by atoms with Crippen molar-refractivity contribution in [3.8, 4) is 0 Å². The molecular formula is C25H25Cl2FN2O3. The van der Waals surface area contributed by atoms with Crippen LogP contribution in [-0.2, 0) is 40.1 Å². The minimum atomic E-state index is -0.329. The summed E-state index contributed by atoms with van der Waals surface area (Å²) in [6.07, 6.45) is 2.83. The van der Waals surface area contributed by atoms with Crippen LogP contribution in [0.3, 0.4) is 0 Å². The molecule has 1 heterocycles. The number of aromatic nitrogens is 1. The Morgan fingerprint density at radius 1 is 1.21 bits per heavy atom. The molecule has 4 rings (SSSR count). The molecule has 2 aromatic carbocycles. The van der Waals surface area contributed by atoms with Crippen LogP contribution < -0.4 is 5.32 Å². The summed E-state index contributed by atoms with van der Waals surface area (Å²) < 4.78 is 21.1. The fourth-order valence-electron chi connectivity index (χ4n) is 4.53. The topological polar surface area (TPSA) is 60.3 Å². The van der Waals surface area contributed by atoms with Crippen LogP contribution in [0.1, 0.15) is 36.6 Å². The SMILES string of the molecule is CCOC(=O)Cn1c2c(c3cc(F)ccc31)C[C@@H](NC(=O)CCc1ccc(Cl)cc1Cl)CC2. The number of ether oxygens (including phenoxy) is 1. The van der Waals surface area contributed by atoms with E-state index in [0.717, 1.165) is 34.1 Å². The summed E-state index contributed by atoms with van der Waals surface area (Å²) in [5.41, 5.74) is 3.66. The third kappa shape index (κ3) is 5.33. The maximum Gasteiger partial charge on any atom is 0.325 e. The Bertz CT molecular complexity index is 1210. The highest BCUT2D eigenvalue weighted by atomic mass is 35.5. The second kappa shape index (κ2) is 10.1. The molecule has 1 aliphatic rings. The van der Waals surface area contributed by atoms with Gasteiger partial charge in [0.25, 0.3) is 0 Å². The van der Waals surface area contributed by atoms with Gasteiger partial charge in [-0.15, -0.1) is 0 Å². The number of fused-ring (bicyclic) bond motifs is 3. The number of benzene rings is 2. The average molecular weight is 491 g/mol. The van der Waals surface area contributed by atoms with Crippen molar-refractivity contribution in [1.82, 2.24) is 9.88 Å². The van der Waals surface area contributed by atoms with Gasteiger partial charge >= 0.3 is 5.97 Å². The lowest BCUT2D eigenvalue weighted by atomic mass is 9.91. The van der Waals surface area contributed by atoms with E-state index in [9.17, 15) is 14.0 Å². The van der Waals surface area contributed by atoms with Gasteiger partial charge in [-0.2, -0.15) is 0 Å². The van der Waals surface area contributed by atoms with Crippen LogP contribution >= 0.6 is 23.2 Å². The van der Waals surface area contributed by atoms with Crippen LogP contribution in [0.4, 0.5) is 4.39 Å². The van der Waals surface area contributed by atoms with E-state index in [1.165, 1.54) is 12.1 Å². The Morgan fingerprint density at radius 2 is 2.03 bits per heavy atom. The molecular weight excluding hydrogens is 466 g/mol. The van der Waals surface area contributed by atoms with Gasteiger partial charge in [-0.05, 0) is 74.1 Å². The van der Waals surface area contributed by atoms with Crippen molar-refractivity contribution in [2.24, 2.45) is 0 Å².